The summed E-state index contributed by atoms with van der Waals surface area (Å²) in [5.74, 6) is 0.0676. The molecule has 0 unspecified atom stereocenters. The fourth-order valence-electron chi connectivity index (χ4n) is 3.50. The fraction of sp³-hybridized carbons (Fsp3) is 0.368. The largest absolute Gasteiger partial charge is 0.366 e. The Hall–Kier alpha value is -2.36. The van der Waals surface area contributed by atoms with E-state index in [1.165, 1.54) is 11.1 Å². The van der Waals surface area contributed by atoms with E-state index >= 15 is 0 Å². The van der Waals surface area contributed by atoms with Crippen LogP contribution in [0.1, 0.15) is 34.5 Å². The molecule has 1 saturated heterocycles. The van der Waals surface area contributed by atoms with E-state index in [1.54, 1.807) is 0 Å². The van der Waals surface area contributed by atoms with Crippen molar-refractivity contribution in [2.45, 2.75) is 25.8 Å². The molecule has 4 rings (SSSR count). The minimum absolute atomic E-state index is 0.0676. The molecule has 23 heavy (non-hydrogen) atoms. The number of benzene rings is 1. The summed E-state index contributed by atoms with van der Waals surface area (Å²) in [4.78, 5) is 21.0. The lowest BCUT2D eigenvalue weighted by Gasteiger charge is -2.30. The number of carbonyl (C=O) groups is 1. The Morgan fingerprint density at radius 1 is 0.957 bits per heavy atom. The molecular formula is C19H21N3O. The molecule has 4 heteroatoms. The van der Waals surface area contributed by atoms with Crippen LogP contribution in [0.3, 0.4) is 0 Å². The van der Waals surface area contributed by atoms with Gasteiger partial charge in [0.15, 0.2) is 0 Å². The van der Waals surface area contributed by atoms with Crippen LogP contribution in [-0.4, -0.2) is 35.4 Å². The van der Waals surface area contributed by atoms with Gasteiger partial charge in [-0.1, -0.05) is 24.3 Å². The molecule has 118 valence electrons. The average Bonchev–Trinajstić information content (AvgIpc) is 3.15. The molecule has 0 spiro atoms. The van der Waals surface area contributed by atoms with Crippen LogP contribution in [-0.2, 0) is 13.0 Å². The first-order valence-corrected chi connectivity index (χ1v) is 8.38. The van der Waals surface area contributed by atoms with Crippen molar-refractivity contribution < 1.29 is 4.79 Å². The molecule has 1 aromatic carbocycles. The predicted octanol–water partition coefficient (Wildman–Crippen LogP) is 2.88. The van der Waals surface area contributed by atoms with Crippen LogP contribution < -0.4 is 4.90 Å². The van der Waals surface area contributed by atoms with E-state index in [2.05, 4.69) is 34.1 Å². The first kappa shape index (κ1) is 14.2. The van der Waals surface area contributed by atoms with Crippen LogP contribution in [0.25, 0.3) is 0 Å². The molecule has 0 bridgehead atoms. The molecule has 0 atom stereocenters. The number of hydrogen-bond acceptors (Lipinski definition) is 3. The summed E-state index contributed by atoms with van der Waals surface area (Å²) in [5.41, 5.74) is 4.49. The van der Waals surface area contributed by atoms with Gasteiger partial charge in [-0.05, 0) is 42.5 Å². The highest BCUT2D eigenvalue weighted by Gasteiger charge is 2.21. The predicted molar refractivity (Wildman–Crippen MR) is 90.6 cm³/mol. The monoisotopic (exact) mass is 307 g/mol. The number of pyridine rings is 1. The molecule has 2 aromatic rings. The second kappa shape index (κ2) is 6.03. The topological polar surface area (TPSA) is 36.4 Å². The third-order valence-electron chi connectivity index (χ3n) is 4.86. The van der Waals surface area contributed by atoms with E-state index in [0.717, 1.165) is 51.1 Å². The number of amides is 1. The maximum absolute atomic E-state index is 12.3. The highest BCUT2D eigenvalue weighted by molar-refractivity contribution is 5.92. The summed E-state index contributed by atoms with van der Waals surface area (Å²) in [6, 6.07) is 12.5. The molecule has 2 aliphatic rings. The van der Waals surface area contributed by atoms with Gasteiger partial charge in [0.2, 0.25) is 0 Å². The lowest BCUT2D eigenvalue weighted by Crippen LogP contribution is -2.31. The van der Waals surface area contributed by atoms with E-state index in [1.807, 2.05) is 23.2 Å². The number of hydrogen-bond donors (Lipinski definition) is 0. The van der Waals surface area contributed by atoms with Crippen LogP contribution in [0.2, 0.25) is 0 Å². The third kappa shape index (κ3) is 2.81. The summed E-state index contributed by atoms with van der Waals surface area (Å²) in [5, 5.41) is 0. The Morgan fingerprint density at radius 2 is 1.74 bits per heavy atom. The summed E-state index contributed by atoms with van der Waals surface area (Å²) < 4.78 is 0. The maximum Gasteiger partial charge on any atom is 0.272 e. The standard InChI is InChI=1S/C19H21N3O/c23-19(21-10-3-4-11-21)18-8-7-17(13-20-18)22-12-9-15-5-1-2-6-16(15)14-22/h1-2,5-8,13H,3-4,9-12,14H2. The van der Waals surface area contributed by atoms with Gasteiger partial charge in [-0.25, -0.2) is 4.98 Å². The van der Waals surface area contributed by atoms with Gasteiger partial charge in [-0.3, -0.25) is 4.79 Å². The van der Waals surface area contributed by atoms with Crippen molar-refractivity contribution in [3.63, 3.8) is 0 Å². The quantitative estimate of drug-likeness (QED) is 0.856. The number of anilines is 1. The number of likely N-dealkylation sites (tertiary alicyclic amines) is 1. The smallest absolute Gasteiger partial charge is 0.272 e. The highest BCUT2D eigenvalue weighted by atomic mass is 16.2. The van der Waals surface area contributed by atoms with Gasteiger partial charge in [0.25, 0.3) is 5.91 Å². The molecule has 0 N–H and O–H groups in total. The number of aromatic nitrogens is 1. The Bertz CT molecular complexity index is 705. The molecule has 0 saturated carbocycles. The molecule has 0 aliphatic carbocycles. The minimum Gasteiger partial charge on any atom is -0.366 e. The van der Waals surface area contributed by atoms with E-state index in [4.69, 9.17) is 0 Å². The zero-order valence-corrected chi connectivity index (χ0v) is 13.2. The summed E-state index contributed by atoms with van der Waals surface area (Å²) in [6.07, 6.45) is 5.12. The van der Waals surface area contributed by atoms with E-state index in [-0.39, 0.29) is 5.91 Å². The molecule has 1 fully saturated rings. The molecule has 1 aromatic heterocycles. The average molecular weight is 307 g/mol. The molecular weight excluding hydrogens is 286 g/mol. The second-order valence-electron chi connectivity index (χ2n) is 6.34. The number of nitrogens with zero attached hydrogens (tertiary/aromatic N) is 3. The highest BCUT2D eigenvalue weighted by Crippen LogP contribution is 2.24. The Kier molecular flexibility index (Phi) is 3.74. The molecule has 4 nitrogen and oxygen atoms in total. The molecule has 2 aliphatic heterocycles. The first-order chi connectivity index (χ1) is 11.3. The third-order valence-corrected chi connectivity index (χ3v) is 4.86. The molecule has 1 amide bonds. The molecule has 0 radical (unpaired) electrons. The minimum atomic E-state index is 0.0676. The van der Waals surface area contributed by atoms with Crippen molar-refractivity contribution in [3.8, 4) is 0 Å². The van der Waals surface area contributed by atoms with Gasteiger partial charge >= 0.3 is 0 Å². The first-order valence-electron chi connectivity index (χ1n) is 8.38. The Morgan fingerprint density at radius 3 is 2.48 bits per heavy atom. The van der Waals surface area contributed by atoms with Crippen LogP contribution in [0, 0.1) is 0 Å². The van der Waals surface area contributed by atoms with Gasteiger partial charge < -0.3 is 9.80 Å². The van der Waals surface area contributed by atoms with Gasteiger partial charge in [0.05, 0.1) is 11.9 Å². The Labute approximate surface area is 136 Å². The van der Waals surface area contributed by atoms with Crippen molar-refractivity contribution in [2.24, 2.45) is 0 Å². The number of fused-ring (bicyclic) bond motifs is 1. The summed E-state index contributed by atoms with van der Waals surface area (Å²) in [7, 11) is 0. The van der Waals surface area contributed by atoms with Crippen LogP contribution in [0.4, 0.5) is 5.69 Å². The van der Waals surface area contributed by atoms with Gasteiger partial charge in [-0.15, -0.1) is 0 Å². The number of rotatable bonds is 2. The normalized spacial score (nSPS) is 17.2. The van der Waals surface area contributed by atoms with Gasteiger partial charge in [-0.2, -0.15) is 0 Å². The lowest BCUT2D eigenvalue weighted by molar-refractivity contribution is 0.0787. The van der Waals surface area contributed by atoms with Crippen LogP contribution >= 0.6 is 0 Å². The summed E-state index contributed by atoms with van der Waals surface area (Å²) in [6.45, 7) is 3.64. The van der Waals surface area contributed by atoms with Crippen LogP contribution in [0.15, 0.2) is 42.6 Å². The zero-order valence-electron chi connectivity index (χ0n) is 13.2. The van der Waals surface area contributed by atoms with E-state index in [9.17, 15) is 4.79 Å². The van der Waals surface area contributed by atoms with Crippen molar-refractivity contribution >= 4 is 11.6 Å². The lowest BCUT2D eigenvalue weighted by atomic mass is 10.00. The number of carbonyl (C=O) groups excluding carboxylic acids is 1. The van der Waals surface area contributed by atoms with Gasteiger partial charge in [0.1, 0.15) is 5.69 Å². The molecule has 3 heterocycles. The van der Waals surface area contributed by atoms with Crippen LogP contribution in [0.5, 0.6) is 0 Å². The maximum atomic E-state index is 12.3. The van der Waals surface area contributed by atoms with E-state index < -0.39 is 0 Å². The summed E-state index contributed by atoms with van der Waals surface area (Å²) >= 11 is 0. The van der Waals surface area contributed by atoms with Crippen molar-refractivity contribution in [1.29, 1.82) is 0 Å². The van der Waals surface area contributed by atoms with E-state index in [0.29, 0.717) is 5.69 Å². The zero-order chi connectivity index (χ0) is 15.6. The van der Waals surface area contributed by atoms with Crippen molar-refractivity contribution in [3.05, 3.63) is 59.4 Å². The fourth-order valence-corrected chi connectivity index (χ4v) is 3.50. The Balaban J connectivity index is 1.49. The van der Waals surface area contributed by atoms with Gasteiger partial charge in [0, 0.05) is 26.2 Å². The van der Waals surface area contributed by atoms with Crippen molar-refractivity contribution in [1.82, 2.24) is 9.88 Å². The SMILES string of the molecule is O=C(c1ccc(N2CCc3ccccc3C2)cn1)N1CCCC1. The second-order valence-corrected chi connectivity index (χ2v) is 6.34. The van der Waals surface area contributed by atoms with Crippen molar-refractivity contribution in [2.75, 3.05) is 24.5 Å².